The second-order valence-electron chi connectivity index (χ2n) is 5.54. The van der Waals surface area contributed by atoms with Crippen LogP contribution in [0.3, 0.4) is 0 Å². The summed E-state index contributed by atoms with van der Waals surface area (Å²) in [6.45, 7) is 1.23. The first kappa shape index (κ1) is 18.9. The number of halogens is 3. The molecule has 27 heavy (non-hydrogen) atoms. The molecule has 0 spiro atoms. The van der Waals surface area contributed by atoms with Crippen molar-refractivity contribution in [1.82, 2.24) is 19.9 Å². The van der Waals surface area contributed by atoms with Gasteiger partial charge in [0.1, 0.15) is 5.69 Å². The van der Waals surface area contributed by atoms with E-state index >= 15 is 0 Å². The normalized spacial score (nSPS) is 10.8. The third kappa shape index (κ3) is 4.11. The number of aromatic nitrogens is 3. The van der Waals surface area contributed by atoms with Crippen LogP contribution < -0.4 is 10.1 Å². The highest BCUT2D eigenvalue weighted by Gasteiger charge is 2.17. The van der Waals surface area contributed by atoms with E-state index in [1.807, 2.05) is 0 Å². The lowest BCUT2D eigenvalue weighted by Gasteiger charge is -2.08. The molecule has 1 amide bonds. The van der Waals surface area contributed by atoms with E-state index in [9.17, 15) is 18.4 Å². The lowest BCUT2D eigenvalue weighted by molar-refractivity contribution is -0.131. The molecule has 140 valence electrons. The summed E-state index contributed by atoms with van der Waals surface area (Å²) in [5.74, 6) is -2.90. The third-order valence-corrected chi connectivity index (χ3v) is 4.15. The molecule has 0 aliphatic carbocycles. The number of hydrogen-bond donors (Lipinski definition) is 1. The Balaban J connectivity index is 1.86. The summed E-state index contributed by atoms with van der Waals surface area (Å²) in [6.07, 6.45) is 1.33. The molecule has 10 heteroatoms. The summed E-state index contributed by atoms with van der Waals surface area (Å²) >= 11 is 3.31. The number of carbonyl (C=O) groups excluding carboxylic acids is 2. The van der Waals surface area contributed by atoms with Gasteiger partial charge in [0.15, 0.2) is 23.0 Å². The van der Waals surface area contributed by atoms with Crippen molar-refractivity contribution >= 4 is 33.5 Å². The molecule has 2 heterocycles. The van der Waals surface area contributed by atoms with E-state index < -0.39 is 23.5 Å². The van der Waals surface area contributed by atoms with Crippen LogP contribution in [0.5, 0.6) is 5.75 Å². The molecule has 3 rings (SSSR count). The number of carbonyl (C=O) groups is 2. The number of hydrogen-bond acceptors (Lipinski definition) is 5. The van der Waals surface area contributed by atoms with Gasteiger partial charge in [-0.05, 0) is 23.8 Å². The number of ether oxygens (including phenoxy) is 1. The molecule has 0 saturated heterocycles. The van der Waals surface area contributed by atoms with Crippen molar-refractivity contribution < 1.29 is 23.1 Å². The maximum atomic E-state index is 13.3. The molecular weight excluding hydrogens is 426 g/mol. The molecule has 0 aliphatic heterocycles. The number of alkyl halides is 1. The molecule has 0 fully saturated rings. The summed E-state index contributed by atoms with van der Waals surface area (Å²) < 4.78 is 32.7. The van der Waals surface area contributed by atoms with Crippen molar-refractivity contribution in [2.45, 2.75) is 18.8 Å². The van der Waals surface area contributed by atoms with Gasteiger partial charge in [-0.3, -0.25) is 9.59 Å². The molecule has 1 N–H and O–H groups in total. The summed E-state index contributed by atoms with van der Waals surface area (Å²) in [5.41, 5.74) is 1.28. The number of nitrogens with one attached hydrogen (secondary N) is 1. The molecule has 0 saturated carbocycles. The number of rotatable bonds is 5. The average molecular weight is 439 g/mol. The third-order valence-electron chi connectivity index (χ3n) is 3.57. The van der Waals surface area contributed by atoms with Crippen LogP contribution in [0.1, 0.15) is 28.7 Å². The first-order chi connectivity index (χ1) is 12.9. The van der Waals surface area contributed by atoms with Gasteiger partial charge in [0.05, 0.1) is 11.9 Å². The fraction of sp³-hybridized carbons (Fsp3) is 0.176. The van der Waals surface area contributed by atoms with E-state index in [1.54, 1.807) is 0 Å². The van der Waals surface area contributed by atoms with Crippen molar-refractivity contribution in [3.05, 3.63) is 59.0 Å². The standard InChI is InChI=1S/C17H13BrF2N4O3/c1-9(25)27-15-8-22-24-11(6-18)5-14(23-16(15)24)17(26)21-7-10-2-3-12(19)13(20)4-10/h2-5,8H,6-7H2,1H3,(H,21,26). The molecular formula is C17H13BrF2N4O3. The second-order valence-corrected chi connectivity index (χ2v) is 6.10. The molecule has 3 aromatic rings. The van der Waals surface area contributed by atoms with Gasteiger partial charge < -0.3 is 10.1 Å². The smallest absolute Gasteiger partial charge is 0.308 e. The summed E-state index contributed by atoms with van der Waals surface area (Å²) in [5, 5.41) is 7.05. The van der Waals surface area contributed by atoms with E-state index in [4.69, 9.17) is 4.74 Å². The van der Waals surface area contributed by atoms with Gasteiger partial charge in [-0.15, -0.1) is 0 Å². The van der Waals surface area contributed by atoms with Gasteiger partial charge >= 0.3 is 5.97 Å². The van der Waals surface area contributed by atoms with Gasteiger partial charge in [0.2, 0.25) is 0 Å². The SMILES string of the molecule is CC(=O)Oc1cnn2c(CBr)cc(C(=O)NCc3ccc(F)c(F)c3)nc12. The zero-order chi connectivity index (χ0) is 19.6. The first-order valence-electron chi connectivity index (χ1n) is 7.73. The Labute approximate surface area is 160 Å². The summed E-state index contributed by atoms with van der Waals surface area (Å²) in [4.78, 5) is 27.8. The molecule has 2 aromatic heterocycles. The Morgan fingerprint density at radius 3 is 2.70 bits per heavy atom. The number of amides is 1. The Morgan fingerprint density at radius 1 is 1.26 bits per heavy atom. The minimum Gasteiger partial charge on any atom is -0.421 e. The van der Waals surface area contributed by atoms with Crippen LogP contribution in [0.2, 0.25) is 0 Å². The van der Waals surface area contributed by atoms with E-state index in [2.05, 4.69) is 31.3 Å². The molecule has 0 bridgehead atoms. The predicted octanol–water partition coefficient (Wildman–Crippen LogP) is 2.76. The van der Waals surface area contributed by atoms with Gasteiger partial charge in [-0.25, -0.2) is 18.3 Å². The maximum Gasteiger partial charge on any atom is 0.308 e. The Hall–Kier alpha value is -2.88. The highest BCUT2D eigenvalue weighted by molar-refractivity contribution is 9.08. The zero-order valence-corrected chi connectivity index (χ0v) is 15.6. The second kappa shape index (κ2) is 7.78. The summed E-state index contributed by atoms with van der Waals surface area (Å²) in [7, 11) is 0. The quantitative estimate of drug-likeness (QED) is 0.488. The fourth-order valence-corrected chi connectivity index (χ4v) is 2.77. The molecule has 7 nitrogen and oxygen atoms in total. The minimum atomic E-state index is -0.992. The van der Waals surface area contributed by atoms with Crippen LogP contribution >= 0.6 is 15.9 Å². The number of nitrogens with zero attached hydrogens (tertiary/aromatic N) is 3. The van der Waals surface area contributed by atoms with Crippen molar-refractivity contribution in [2.24, 2.45) is 0 Å². The van der Waals surface area contributed by atoms with Crippen LogP contribution in [-0.4, -0.2) is 26.5 Å². The number of fused-ring (bicyclic) bond motifs is 1. The zero-order valence-electron chi connectivity index (χ0n) is 14.0. The average Bonchev–Trinajstić information content (AvgIpc) is 3.03. The highest BCUT2D eigenvalue weighted by Crippen LogP contribution is 2.21. The molecule has 1 aromatic carbocycles. The van der Waals surface area contributed by atoms with Gasteiger partial charge in [-0.2, -0.15) is 5.10 Å². The van der Waals surface area contributed by atoms with Crippen molar-refractivity contribution in [3.8, 4) is 5.75 Å². The van der Waals surface area contributed by atoms with Crippen molar-refractivity contribution in [2.75, 3.05) is 0 Å². The minimum absolute atomic E-state index is 0.0113. The van der Waals surface area contributed by atoms with Gasteiger partial charge in [0, 0.05) is 18.8 Å². The largest absolute Gasteiger partial charge is 0.421 e. The van der Waals surface area contributed by atoms with E-state index in [-0.39, 0.29) is 23.6 Å². The lowest BCUT2D eigenvalue weighted by atomic mass is 10.2. The Kier molecular flexibility index (Phi) is 5.45. The summed E-state index contributed by atoms with van der Waals surface area (Å²) in [6, 6.07) is 4.88. The van der Waals surface area contributed by atoms with Gasteiger partial charge in [0.25, 0.3) is 5.91 Å². The van der Waals surface area contributed by atoms with E-state index in [0.717, 1.165) is 12.1 Å². The molecule has 0 radical (unpaired) electrons. The highest BCUT2D eigenvalue weighted by atomic mass is 79.9. The van der Waals surface area contributed by atoms with E-state index in [1.165, 1.54) is 29.8 Å². The predicted molar refractivity (Wildman–Crippen MR) is 94.5 cm³/mol. The molecule has 0 atom stereocenters. The topological polar surface area (TPSA) is 85.6 Å². The number of benzene rings is 1. The van der Waals surface area contributed by atoms with E-state index in [0.29, 0.717) is 16.6 Å². The van der Waals surface area contributed by atoms with Crippen molar-refractivity contribution in [3.63, 3.8) is 0 Å². The van der Waals surface area contributed by atoms with Gasteiger partial charge in [-0.1, -0.05) is 22.0 Å². The van der Waals surface area contributed by atoms with Crippen LogP contribution in [0.4, 0.5) is 8.78 Å². The molecule has 0 unspecified atom stereocenters. The van der Waals surface area contributed by atoms with Crippen LogP contribution in [-0.2, 0) is 16.7 Å². The first-order valence-corrected chi connectivity index (χ1v) is 8.85. The molecule has 0 aliphatic rings. The monoisotopic (exact) mass is 438 g/mol. The fourth-order valence-electron chi connectivity index (χ4n) is 2.37. The Bertz CT molecular complexity index is 1040. The lowest BCUT2D eigenvalue weighted by Crippen LogP contribution is -2.24. The van der Waals surface area contributed by atoms with Crippen LogP contribution in [0.15, 0.2) is 30.5 Å². The Morgan fingerprint density at radius 2 is 2.04 bits per heavy atom. The van der Waals surface area contributed by atoms with Crippen LogP contribution in [0, 0.1) is 11.6 Å². The number of esters is 1. The van der Waals surface area contributed by atoms with Crippen LogP contribution in [0.25, 0.3) is 5.65 Å². The maximum absolute atomic E-state index is 13.3. The van der Waals surface area contributed by atoms with Crippen molar-refractivity contribution in [1.29, 1.82) is 0 Å².